The lowest BCUT2D eigenvalue weighted by molar-refractivity contribution is 0.653. The van der Waals surface area contributed by atoms with E-state index in [1.54, 1.807) is 6.07 Å². The van der Waals surface area contributed by atoms with Crippen molar-refractivity contribution in [1.29, 1.82) is 0 Å². The van der Waals surface area contributed by atoms with Gasteiger partial charge in [0, 0.05) is 16.1 Å². The summed E-state index contributed by atoms with van der Waals surface area (Å²) in [4.78, 5) is 0. The van der Waals surface area contributed by atoms with Gasteiger partial charge < -0.3 is 0 Å². The number of hydrazone groups is 1. The molecule has 132 valence electrons. The summed E-state index contributed by atoms with van der Waals surface area (Å²) in [5.74, 6) is 0. The molecule has 26 heavy (non-hydrogen) atoms. The minimum Gasteiger partial charge on any atom is -0.242 e. The molecule has 7 heteroatoms. The molecule has 2 N–H and O–H groups in total. The second-order valence-corrected chi connectivity index (χ2v) is 7.06. The average Bonchev–Trinajstić information content (AvgIpc) is 3.24. The van der Waals surface area contributed by atoms with Gasteiger partial charge in [0.15, 0.2) is 0 Å². The van der Waals surface area contributed by atoms with Crippen molar-refractivity contribution in [2.75, 3.05) is 6.54 Å². The summed E-state index contributed by atoms with van der Waals surface area (Å²) in [5, 5.41) is 10.3. The Labute approximate surface area is 161 Å². The Balaban J connectivity index is 1.96. The molecule has 0 bridgehead atoms. The molecular formula is C19H17Cl2N5. The Morgan fingerprint density at radius 2 is 1.81 bits per heavy atom. The van der Waals surface area contributed by atoms with Gasteiger partial charge in [-0.25, -0.2) is 15.6 Å². The highest BCUT2D eigenvalue weighted by atomic mass is 35.5. The number of hydrogen-bond acceptors (Lipinski definition) is 4. The van der Waals surface area contributed by atoms with E-state index in [9.17, 15) is 0 Å². The Kier molecular flexibility index (Phi) is 4.44. The standard InChI is InChI=1S/C19H17Cl2N5/c1-11-3-5-13(6-4-11)19-12(2)18(16-10-22-25-23-16)24-26(19)17-8-7-14(20)9-15(17)21/h3-9,22,25H,10H2,1-2H3. The normalized spacial score (nSPS) is 13.6. The van der Waals surface area contributed by atoms with E-state index in [0.29, 0.717) is 16.6 Å². The second kappa shape index (κ2) is 6.76. The number of aryl methyl sites for hydroxylation is 1. The maximum Gasteiger partial charge on any atom is 0.114 e. The summed E-state index contributed by atoms with van der Waals surface area (Å²) in [7, 11) is 0. The zero-order chi connectivity index (χ0) is 18.3. The second-order valence-electron chi connectivity index (χ2n) is 6.22. The van der Waals surface area contributed by atoms with Crippen LogP contribution in [-0.4, -0.2) is 22.0 Å². The zero-order valence-corrected chi connectivity index (χ0v) is 15.9. The largest absolute Gasteiger partial charge is 0.242 e. The number of nitrogens with one attached hydrogen (secondary N) is 2. The Morgan fingerprint density at radius 1 is 1.04 bits per heavy atom. The topological polar surface area (TPSA) is 54.2 Å². The lowest BCUT2D eigenvalue weighted by Crippen LogP contribution is -2.22. The molecule has 0 saturated heterocycles. The summed E-state index contributed by atoms with van der Waals surface area (Å²) in [6.45, 7) is 4.73. The number of hydrazine groups is 1. The van der Waals surface area contributed by atoms with Gasteiger partial charge in [-0.15, -0.1) is 0 Å². The first-order valence-electron chi connectivity index (χ1n) is 8.21. The molecule has 4 rings (SSSR count). The lowest BCUT2D eigenvalue weighted by Gasteiger charge is -2.11. The van der Waals surface area contributed by atoms with Crippen molar-refractivity contribution in [3.8, 4) is 16.9 Å². The summed E-state index contributed by atoms with van der Waals surface area (Å²) in [5.41, 5.74) is 12.5. The molecule has 3 aromatic rings. The van der Waals surface area contributed by atoms with Crippen molar-refractivity contribution in [2.24, 2.45) is 5.10 Å². The summed E-state index contributed by atoms with van der Waals surface area (Å²) in [6.07, 6.45) is 0. The van der Waals surface area contributed by atoms with E-state index in [1.165, 1.54) is 5.56 Å². The highest BCUT2D eigenvalue weighted by molar-refractivity contribution is 6.35. The Morgan fingerprint density at radius 3 is 2.46 bits per heavy atom. The summed E-state index contributed by atoms with van der Waals surface area (Å²) in [6, 6.07) is 13.8. The van der Waals surface area contributed by atoms with Gasteiger partial charge in [0.2, 0.25) is 0 Å². The van der Waals surface area contributed by atoms with Crippen LogP contribution >= 0.6 is 23.2 Å². The van der Waals surface area contributed by atoms with Gasteiger partial charge in [0.25, 0.3) is 0 Å². The third-order valence-corrected chi connectivity index (χ3v) is 4.92. The highest BCUT2D eigenvalue weighted by Gasteiger charge is 2.23. The van der Waals surface area contributed by atoms with E-state index >= 15 is 0 Å². The SMILES string of the molecule is Cc1ccc(-c2c(C)c(C3=NNNC3)nn2-c2ccc(Cl)cc2Cl)cc1. The summed E-state index contributed by atoms with van der Waals surface area (Å²) >= 11 is 12.5. The summed E-state index contributed by atoms with van der Waals surface area (Å²) < 4.78 is 1.87. The maximum atomic E-state index is 6.47. The molecule has 0 spiro atoms. The van der Waals surface area contributed by atoms with Gasteiger partial charge in [-0.3, -0.25) is 0 Å². The van der Waals surface area contributed by atoms with Gasteiger partial charge >= 0.3 is 0 Å². The fraction of sp³-hybridized carbons (Fsp3) is 0.158. The molecule has 1 aliphatic rings. The molecule has 0 fully saturated rings. The van der Waals surface area contributed by atoms with Crippen molar-refractivity contribution < 1.29 is 0 Å². The van der Waals surface area contributed by atoms with Crippen LogP contribution in [0.25, 0.3) is 16.9 Å². The minimum atomic E-state index is 0.546. The van der Waals surface area contributed by atoms with Crippen molar-refractivity contribution in [3.63, 3.8) is 0 Å². The highest BCUT2D eigenvalue weighted by Crippen LogP contribution is 2.33. The Hall–Kier alpha value is -2.34. The molecule has 0 unspecified atom stereocenters. The average molecular weight is 386 g/mol. The van der Waals surface area contributed by atoms with Crippen molar-refractivity contribution >= 4 is 28.9 Å². The fourth-order valence-corrected chi connectivity index (χ4v) is 3.54. The van der Waals surface area contributed by atoms with Gasteiger partial charge in [0.1, 0.15) is 11.4 Å². The number of halogens is 2. The third kappa shape index (κ3) is 2.98. The Bertz CT molecular complexity index is 1010. The van der Waals surface area contributed by atoms with Gasteiger partial charge in [0.05, 0.1) is 22.9 Å². The van der Waals surface area contributed by atoms with Gasteiger partial charge in [-0.2, -0.15) is 10.2 Å². The van der Waals surface area contributed by atoms with E-state index in [1.807, 2.05) is 16.8 Å². The van der Waals surface area contributed by atoms with Crippen LogP contribution in [-0.2, 0) is 0 Å². The van der Waals surface area contributed by atoms with Crippen LogP contribution in [0, 0.1) is 13.8 Å². The first kappa shape index (κ1) is 17.1. The van der Waals surface area contributed by atoms with E-state index < -0.39 is 0 Å². The molecule has 1 aliphatic heterocycles. The molecule has 0 amide bonds. The molecule has 1 aromatic heterocycles. The lowest BCUT2D eigenvalue weighted by atomic mass is 10.0. The fourth-order valence-electron chi connectivity index (χ4n) is 3.05. The van der Waals surface area contributed by atoms with Gasteiger partial charge in [-0.1, -0.05) is 53.0 Å². The first-order valence-corrected chi connectivity index (χ1v) is 8.97. The number of benzene rings is 2. The molecule has 0 saturated carbocycles. The molecule has 0 atom stereocenters. The monoisotopic (exact) mass is 385 g/mol. The van der Waals surface area contributed by atoms with E-state index in [4.69, 9.17) is 28.3 Å². The van der Waals surface area contributed by atoms with Crippen LogP contribution < -0.4 is 11.0 Å². The van der Waals surface area contributed by atoms with E-state index in [-0.39, 0.29) is 0 Å². The number of nitrogens with zero attached hydrogens (tertiary/aromatic N) is 3. The van der Waals surface area contributed by atoms with Gasteiger partial charge in [-0.05, 0) is 32.0 Å². The third-order valence-electron chi connectivity index (χ3n) is 4.38. The smallest absolute Gasteiger partial charge is 0.114 e. The van der Waals surface area contributed by atoms with Crippen LogP contribution in [0.1, 0.15) is 16.8 Å². The quantitative estimate of drug-likeness (QED) is 0.707. The first-order chi connectivity index (χ1) is 12.5. The molecule has 2 aromatic carbocycles. The van der Waals surface area contributed by atoms with Crippen molar-refractivity contribution in [3.05, 3.63) is 69.3 Å². The van der Waals surface area contributed by atoms with E-state index in [0.717, 1.165) is 33.9 Å². The van der Waals surface area contributed by atoms with Crippen LogP contribution in [0.5, 0.6) is 0 Å². The van der Waals surface area contributed by atoms with Crippen LogP contribution in [0.2, 0.25) is 10.0 Å². The zero-order valence-electron chi connectivity index (χ0n) is 14.3. The van der Waals surface area contributed by atoms with Crippen molar-refractivity contribution in [2.45, 2.75) is 13.8 Å². The molecule has 5 nitrogen and oxygen atoms in total. The van der Waals surface area contributed by atoms with E-state index in [2.05, 4.69) is 54.2 Å². The maximum absolute atomic E-state index is 6.47. The van der Waals surface area contributed by atoms with Crippen LogP contribution in [0.4, 0.5) is 0 Å². The number of hydrogen-bond donors (Lipinski definition) is 2. The molecule has 0 radical (unpaired) electrons. The number of aromatic nitrogens is 2. The van der Waals surface area contributed by atoms with Crippen LogP contribution in [0.3, 0.4) is 0 Å². The molecular weight excluding hydrogens is 369 g/mol. The number of rotatable bonds is 3. The predicted octanol–water partition coefficient (Wildman–Crippen LogP) is 4.27. The minimum absolute atomic E-state index is 0.546. The van der Waals surface area contributed by atoms with Crippen LogP contribution in [0.15, 0.2) is 47.6 Å². The predicted molar refractivity (Wildman–Crippen MR) is 106 cm³/mol. The molecule has 2 heterocycles. The van der Waals surface area contributed by atoms with Crippen molar-refractivity contribution in [1.82, 2.24) is 20.7 Å². The molecule has 0 aliphatic carbocycles.